The summed E-state index contributed by atoms with van der Waals surface area (Å²) in [5, 5.41) is 46.5. The molecule has 18 nitrogen and oxygen atoms in total. The molecule has 1 aromatic heterocycles. The summed E-state index contributed by atoms with van der Waals surface area (Å²) >= 11 is 0. The molecule has 0 radical (unpaired) electrons. The lowest BCUT2D eigenvalue weighted by atomic mass is 9.93. The van der Waals surface area contributed by atoms with Crippen LogP contribution < -0.4 is 32.3 Å². The summed E-state index contributed by atoms with van der Waals surface area (Å²) in [6.45, 7) is 6.54. The van der Waals surface area contributed by atoms with Gasteiger partial charge in [0.25, 0.3) is 17.6 Å². The lowest BCUT2D eigenvalue weighted by molar-refractivity contribution is -0.137. The summed E-state index contributed by atoms with van der Waals surface area (Å²) in [6, 6.07) is 11.2. The van der Waals surface area contributed by atoms with Gasteiger partial charge in [-0.2, -0.15) is 5.21 Å². The third-order valence-electron chi connectivity index (χ3n) is 8.06. The van der Waals surface area contributed by atoms with Gasteiger partial charge in [-0.3, -0.25) is 24.0 Å². The van der Waals surface area contributed by atoms with Crippen LogP contribution in [0.2, 0.25) is 0 Å². The molecule has 18 heteroatoms. The Kier molecular flexibility index (Phi) is 15.5. The topological polar surface area (TPSA) is 284 Å². The van der Waals surface area contributed by atoms with Crippen LogP contribution in [0.5, 0.6) is 0 Å². The Balaban J connectivity index is 1.73. The highest BCUT2D eigenvalue weighted by Crippen LogP contribution is 2.19. The smallest absolute Gasteiger partial charge is 0.335 e. The van der Waals surface area contributed by atoms with Crippen LogP contribution in [0, 0.1) is 11.8 Å². The van der Waals surface area contributed by atoms with Crippen LogP contribution in [0.25, 0.3) is 0 Å². The fraction of sp³-hybridized carbons (Fsp3) is 0.457. The van der Waals surface area contributed by atoms with E-state index in [0.29, 0.717) is 0 Å². The number of nitrogens with zero attached hydrogens (tertiary/aromatic N) is 3. The Hall–Kier alpha value is -5.75. The van der Waals surface area contributed by atoms with Crippen molar-refractivity contribution in [3.63, 3.8) is 0 Å². The molecule has 53 heavy (non-hydrogen) atoms. The predicted molar refractivity (Wildman–Crippen MR) is 192 cm³/mol. The summed E-state index contributed by atoms with van der Waals surface area (Å²) in [6.07, 6.45) is 0.527. The molecule has 0 aliphatic rings. The molecule has 0 spiro atoms. The van der Waals surface area contributed by atoms with Gasteiger partial charge >= 0.3 is 5.97 Å². The first-order valence-corrected chi connectivity index (χ1v) is 17.1. The van der Waals surface area contributed by atoms with Crippen molar-refractivity contribution in [3.8, 4) is 0 Å². The van der Waals surface area contributed by atoms with Gasteiger partial charge in [0.2, 0.25) is 17.7 Å². The largest absolute Gasteiger partial charge is 0.478 e. The Morgan fingerprint density at radius 2 is 1.49 bits per heavy atom. The highest BCUT2D eigenvalue weighted by Gasteiger charge is 2.38. The van der Waals surface area contributed by atoms with Crippen molar-refractivity contribution >= 4 is 41.2 Å². The third kappa shape index (κ3) is 13.4. The van der Waals surface area contributed by atoms with E-state index in [9.17, 15) is 39.0 Å². The molecule has 0 saturated heterocycles. The van der Waals surface area contributed by atoms with Gasteiger partial charge in [0.05, 0.1) is 12.1 Å². The minimum atomic E-state index is -2.15. The summed E-state index contributed by atoms with van der Waals surface area (Å²) in [7, 11) is 0. The lowest BCUT2D eigenvalue weighted by Crippen LogP contribution is -2.59. The molecule has 1 heterocycles. The zero-order valence-electron chi connectivity index (χ0n) is 30.1. The van der Waals surface area contributed by atoms with Gasteiger partial charge in [-0.1, -0.05) is 64.1 Å². The van der Waals surface area contributed by atoms with Crippen molar-refractivity contribution in [2.24, 2.45) is 17.6 Å². The number of anilines is 1. The van der Waals surface area contributed by atoms with Crippen molar-refractivity contribution in [2.75, 3.05) is 18.4 Å². The number of carbonyl (C=O) groups excluding carboxylic acids is 5. The van der Waals surface area contributed by atoms with Crippen molar-refractivity contribution in [2.45, 2.75) is 77.1 Å². The maximum atomic E-state index is 13.7. The average Bonchev–Trinajstić information content (AvgIpc) is 3.67. The second-order valence-corrected chi connectivity index (χ2v) is 13.5. The van der Waals surface area contributed by atoms with E-state index in [1.807, 2.05) is 58.0 Å². The molecule has 4 atom stereocenters. The van der Waals surface area contributed by atoms with Crippen LogP contribution in [-0.4, -0.2) is 103 Å². The number of benzene rings is 2. The number of nitrogens with two attached hydrogens (primary N) is 1. The van der Waals surface area contributed by atoms with E-state index in [4.69, 9.17) is 5.73 Å². The van der Waals surface area contributed by atoms with Gasteiger partial charge in [-0.15, -0.1) is 10.2 Å². The first kappa shape index (κ1) is 41.7. The number of hydrogen-bond donors (Lipinski definition) is 9. The number of tetrazole rings is 1. The molecule has 0 saturated carbocycles. The number of carboxylic acid groups (broad SMARTS) is 1. The molecule has 3 aromatic rings. The maximum Gasteiger partial charge on any atom is 0.335 e. The standard InChI is InChI=1S/C35H48N10O8/c1-20(2)15-26(41-31(48)27(16-21(3)4)40-29(46)25(36)18-37-32(49)28-42-44-45-43-28)30(47)38-19-35(53,14-13-22-9-6-5-7-10-22)34(52)39-24-12-8-11-23(17-24)33(50)51/h5-12,17,20-21,25-27,53H,13-16,18-19,36H2,1-4H3,(H,37,49)(H,38,47)(H,39,52)(H,40,46)(H,41,48)(H,50,51)(H,42,43,44,45)/t25-,26-,27-,35?/m0/s1. The molecular formula is C35H48N10O8. The molecule has 0 aliphatic carbocycles. The summed E-state index contributed by atoms with van der Waals surface area (Å²) in [5.74, 6) is -5.24. The van der Waals surface area contributed by atoms with Gasteiger partial charge in [0.15, 0.2) is 5.60 Å². The fourth-order valence-electron chi connectivity index (χ4n) is 5.20. The Morgan fingerprint density at radius 1 is 0.849 bits per heavy atom. The predicted octanol–water partition coefficient (Wildman–Crippen LogP) is 0.136. The van der Waals surface area contributed by atoms with Crippen molar-refractivity contribution in [1.29, 1.82) is 0 Å². The summed E-state index contributed by atoms with van der Waals surface area (Å²) in [4.78, 5) is 77.4. The fourth-order valence-corrected chi connectivity index (χ4v) is 5.20. The molecular weight excluding hydrogens is 688 g/mol. The van der Waals surface area contributed by atoms with Crippen molar-refractivity contribution < 1.29 is 39.0 Å². The zero-order chi connectivity index (χ0) is 39.1. The molecule has 3 rings (SSSR count). The van der Waals surface area contributed by atoms with E-state index in [-0.39, 0.29) is 61.1 Å². The number of nitrogens with one attached hydrogen (secondary N) is 6. The van der Waals surface area contributed by atoms with Gasteiger partial charge in [-0.25, -0.2) is 4.79 Å². The SMILES string of the molecule is CC(C)C[C@H](NC(=O)[C@H](CC(C)C)NC(=O)[C@@H](N)CNC(=O)c1nn[nH]n1)C(=O)NCC(O)(CCc1ccccc1)C(=O)Nc1cccc(C(=O)O)c1. The molecule has 10 N–H and O–H groups in total. The number of aromatic nitrogens is 4. The zero-order valence-corrected chi connectivity index (χ0v) is 30.1. The first-order valence-electron chi connectivity index (χ1n) is 17.1. The number of carboxylic acids is 1. The van der Waals surface area contributed by atoms with Crippen molar-refractivity contribution in [1.82, 2.24) is 41.9 Å². The molecule has 286 valence electrons. The van der Waals surface area contributed by atoms with Gasteiger partial charge < -0.3 is 42.5 Å². The number of aliphatic hydroxyl groups is 1. The van der Waals surface area contributed by atoms with Crippen LogP contribution in [-0.2, 0) is 25.6 Å². The van der Waals surface area contributed by atoms with Crippen LogP contribution in [0.4, 0.5) is 5.69 Å². The first-order chi connectivity index (χ1) is 25.1. The van der Waals surface area contributed by atoms with Crippen LogP contribution in [0.1, 0.15) is 73.5 Å². The molecule has 0 bridgehead atoms. The minimum absolute atomic E-state index is 0.0630. The number of aromatic carboxylic acids is 1. The van der Waals surface area contributed by atoms with E-state index >= 15 is 0 Å². The van der Waals surface area contributed by atoms with Crippen LogP contribution >= 0.6 is 0 Å². The highest BCUT2D eigenvalue weighted by molar-refractivity contribution is 5.99. The molecule has 2 aromatic carbocycles. The summed E-state index contributed by atoms with van der Waals surface area (Å²) in [5.41, 5.74) is 4.72. The van der Waals surface area contributed by atoms with Crippen LogP contribution in [0.3, 0.4) is 0 Å². The normalized spacial score (nSPS) is 14.0. The second-order valence-electron chi connectivity index (χ2n) is 13.5. The minimum Gasteiger partial charge on any atom is -0.478 e. The second kappa shape index (κ2) is 19.7. The molecule has 0 fully saturated rings. The van der Waals surface area contributed by atoms with E-state index in [1.54, 1.807) is 0 Å². The molecule has 0 aliphatic heterocycles. The number of hydrogen-bond acceptors (Lipinski definition) is 11. The lowest BCUT2D eigenvalue weighted by Gasteiger charge is -2.29. The monoisotopic (exact) mass is 736 g/mol. The van der Waals surface area contributed by atoms with Crippen molar-refractivity contribution in [3.05, 3.63) is 71.5 Å². The number of amides is 5. The number of H-pyrrole nitrogens is 1. The van der Waals surface area contributed by atoms with Gasteiger partial charge in [-0.05, 0) is 66.5 Å². The van der Waals surface area contributed by atoms with E-state index in [2.05, 4.69) is 47.2 Å². The van der Waals surface area contributed by atoms with E-state index in [1.165, 1.54) is 24.3 Å². The van der Waals surface area contributed by atoms with E-state index in [0.717, 1.165) is 5.56 Å². The third-order valence-corrected chi connectivity index (χ3v) is 8.06. The maximum absolute atomic E-state index is 13.7. The van der Waals surface area contributed by atoms with Gasteiger partial charge in [0, 0.05) is 12.2 Å². The highest BCUT2D eigenvalue weighted by atomic mass is 16.4. The molecule has 1 unspecified atom stereocenters. The average molecular weight is 737 g/mol. The van der Waals surface area contributed by atoms with E-state index < -0.39 is 65.8 Å². The number of rotatable bonds is 20. The molecule has 5 amide bonds. The Morgan fingerprint density at radius 3 is 2.09 bits per heavy atom. The quantitative estimate of drug-likeness (QED) is 0.0749. The number of aryl methyl sites for hydroxylation is 1. The Bertz CT molecular complexity index is 1700. The number of aromatic amines is 1. The Labute approximate surface area is 306 Å². The number of carbonyl (C=O) groups is 6. The van der Waals surface area contributed by atoms with Gasteiger partial charge in [0.1, 0.15) is 18.1 Å². The van der Waals surface area contributed by atoms with Crippen LogP contribution in [0.15, 0.2) is 54.6 Å². The summed E-state index contributed by atoms with van der Waals surface area (Å²) < 4.78 is 0.